The van der Waals surface area contributed by atoms with Crippen molar-refractivity contribution in [3.8, 4) is 0 Å². The Kier molecular flexibility index (Phi) is 3.63. The second kappa shape index (κ2) is 4.99. The second-order valence-electron chi connectivity index (χ2n) is 3.71. The molecule has 2 aromatic heterocycles. The van der Waals surface area contributed by atoms with Gasteiger partial charge in [-0.1, -0.05) is 11.6 Å². The van der Waals surface area contributed by atoms with Crippen molar-refractivity contribution < 1.29 is 0 Å². The summed E-state index contributed by atoms with van der Waals surface area (Å²) in [6.45, 7) is 3.69. The summed E-state index contributed by atoms with van der Waals surface area (Å²) in [6, 6.07) is 1.98. The highest BCUT2D eigenvalue weighted by Crippen LogP contribution is 2.14. The maximum atomic E-state index is 5.91. The average Bonchev–Trinajstić information content (AvgIpc) is 2.74. The molecule has 0 amide bonds. The lowest BCUT2D eigenvalue weighted by molar-refractivity contribution is 0.660. The van der Waals surface area contributed by atoms with Crippen molar-refractivity contribution in [1.82, 2.24) is 14.9 Å². The van der Waals surface area contributed by atoms with Crippen molar-refractivity contribution in [2.45, 2.75) is 20.0 Å². The van der Waals surface area contributed by atoms with Crippen LogP contribution in [0.4, 0.5) is 0 Å². The van der Waals surface area contributed by atoms with Crippen LogP contribution in [0, 0.1) is 6.92 Å². The lowest BCUT2D eigenvalue weighted by Crippen LogP contribution is -2.13. The number of nitrogens with zero attached hydrogens (tertiary/aromatic N) is 2. The summed E-state index contributed by atoms with van der Waals surface area (Å²) in [5.41, 5.74) is 1.19. The zero-order valence-corrected chi connectivity index (χ0v) is 10.9. The molecule has 2 rings (SSSR count). The molecule has 2 heterocycles. The van der Waals surface area contributed by atoms with Crippen molar-refractivity contribution in [1.29, 1.82) is 0 Å². The van der Waals surface area contributed by atoms with Crippen molar-refractivity contribution in [2.24, 2.45) is 7.05 Å². The highest BCUT2D eigenvalue weighted by Gasteiger charge is 2.02. The SMILES string of the molecule is Cc1ncc(CNCc2cc(Cl)cn2C)s1. The highest BCUT2D eigenvalue weighted by atomic mass is 35.5. The molecule has 0 aliphatic heterocycles. The molecule has 0 spiro atoms. The van der Waals surface area contributed by atoms with E-state index in [1.807, 2.05) is 37.0 Å². The molecule has 0 atom stereocenters. The summed E-state index contributed by atoms with van der Waals surface area (Å²) < 4.78 is 2.03. The smallest absolute Gasteiger partial charge is 0.0897 e. The van der Waals surface area contributed by atoms with Crippen LogP contribution >= 0.6 is 22.9 Å². The van der Waals surface area contributed by atoms with Gasteiger partial charge in [0, 0.05) is 43.1 Å². The normalized spacial score (nSPS) is 10.9. The van der Waals surface area contributed by atoms with Gasteiger partial charge in [0.05, 0.1) is 10.0 Å². The summed E-state index contributed by atoms with van der Waals surface area (Å²) in [5.74, 6) is 0. The predicted molar refractivity (Wildman–Crippen MR) is 67.8 cm³/mol. The van der Waals surface area contributed by atoms with Gasteiger partial charge in [0.25, 0.3) is 0 Å². The molecule has 0 aliphatic carbocycles. The first-order chi connectivity index (χ1) is 7.65. The second-order valence-corrected chi connectivity index (χ2v) is 5.47. The summed E-state index contributed by atoms with van der Waals surface area (Å²) in [4.78, 5) is 5.48. The molecule has 1 N–H and O–H groups in total. The fourth-order valence-corrected chi connectivity index (χ4v) is 2.58. The standard InChI is InChI=1S/C11H14ClN3S/c1-8-14-6-11(16-8)5-13-4-10-3-9(12)7-15(10)2/h3,6-7,13H,4-5H2,1-2H3. The molecular formula is C11H14ClN3S. The van der Waals surface area contributed by atoms with Crippen LogP contribution in [0.15, 0.2) is 18.5 Å². The lowest BCUT2D eigenvalue weighted by atomic mass is 10.4. The van der Waals surface area contributed by atoms with Gasteiger partial charge >= 0.3 is 0 Å². The Bertz CT molecular complexity index is 475. The Morgan fingerprint density at radius 2 is 2.31 bits per heavy atom. The third-order valence-electron chi connectivity index (χ3n) is 2.35. The molecule has 2 aromatic rings. The minimum absolute atomic E-state index is 0.785. The van der Waals surface area contributed by atoms with Crippen LogP contribution in [0.3, 0.4) is 0 Å². The summed E-state index contributed by atoms with van der Waals surface area (Å²) in [7, 11) is 2.00. The van der Waals surface area contributed by atoms with Gasteiger partial charge in [-0.25, -0.2) is 4.98 Å². The van der Waals surface area contributed by atoms with Crippen LogP contribution in [0.1, 0.15) is 15.6 Å². The van der Waals surface area contributed by atoms with E-state index in [0.717, 1.165) is 23.1 Å². The molecule has 0 saturated heterocycles. The van der Waals surface area contributed by atoms with Gasteiger partial charge in [-0.05, 0) is 13.0 Å². The molecule has 5 heteroatoms. The van der Waals surface area contributed by atoms with Crippen molar-refractivity contribution >= 4 is 22.9 Å². The monoisotopic (exact) mass is 255 g/mol. The minimum atomic E-state index is 0.785. The van der Waals surface area contributed by atoms with E-state index < -0.39 is 0 Å². The molecule has 0 bridgehead atoms. The maximum Gasteiger partial charge on any atom is 0.0897 e. The molecule has 86 valence electrons. The van der Waals surface area contributed by atoms with Gasteiger partial charge in [0.1, 0.15) is 0 Å². The number of hydrogen-bond acceptors (Lipinski definition) is 3. The van der Waals surface area contributed by atoms with Crippen LogP contribution in [0.2, 0.25) is 5.02 Å². The van der Waals surface area contributed by atoms with E-state index >= 15 is 0 Å². The van der Waals surface area contributed by atoms with E-state index in [-0.39, 0.29) is 0 Å². The van der Waals surface area contributed by atoms with Gasteiger partial charge in [0.15, 0.2) is 0 Å². The van der Waals surface area contributed by atoms with Crippen molar-refractivity contribution in [3.05, 3.63) is 39.1 Å². The number of rotatable bonds is 4. The van der Waals surface area contributed by atoms with E-state index in [0.29, 0.717) is 0 Å². The molecule has 3 nitrogen and oxygen atoms in total. The summed E-state index contributed by atoms with van der Waals surface area (Å²) >= 11 is 7.63. The topological polar surface area (TPSA) is 29.9 Å². The van der Waals surface area contributed by atoms with Gasteiger partial charge in [-0.15, -0.1) is 11.3 Å². The van der Waals surface area contributed by atoms with Crippen LogP contribution in [0.5, 0.6) is 0 Å². The molecule has 0 aromatic carbocycles. The van der Waals surface area contributed by atoms with Gasteiger partial charge in [0.2, 0.25) is 0 Å². The predicted octanol–water partition coefficient (Wildman–Crippen LogP) is 2.73. The van der Waals surface area contributed by atoms with Gasteiger partial charge in [-0.3, -0.25) is 0 Å². The van der Waals surface area contributed by atoms with Crippen LogP contribution < -0.4 is 5.32 Å². The first-order valence-corrected chi connectivity index (χ1v) is 6.27. The largest absolute Gasteiger partial charge is 0.352 e. The Morgan fingerprint density at radius 3 is 2.88 bits per heavy atom. The third kappa shape index (κ3) is 2.84. The molecule has 0 radical (unpaired) electrons. The molecule has 0 aliphatic rings. The Hall–Kier alpha value is -0.840. The number of hydrogen-bond donors (Lipinski definition) is 1. The van der Waals surface area contributed by atoms with Crippen LogP contribution in [-0.2, 0) is 20.1 Å². The van der Waals surface area contributed by atoms with Gasteiger partial charge in [-0.2, -0.15) is 0 Å². The fourth-order valence-electron chi connectivity index (χ4n) is 1.54. The Balaban J connectivity index is 1.86. The van der Waals surface area contributed by atoms with Crippen molar-refractivity contribution in [3.63, 3.8) is 0 Å². The average molecular weight is 256 g/mol. The third-order valence-corrected chi connectivity index (χ3v) is 3.47. The molecule has 0 unspecified atom stereocenters. The number of aryl methyl sites for hydroxylation is 2. The molecule has 16 heavy (non-hydrogen) atoms. The zero-order chi connectivity index (χ0) is 11.5. The van der Waals surface area contributed by atoms with Crippen molar-refractivity contribution in [2.75, 3.05) is 0 Å². The quantitative estimate of drug-likeness (QED) is 0.911. The van der Waals surface area contributed by atoms with Gasteiger partial charge < -0.3 is 9.88 Å². The number of thiazole rings is 1. The number of halogens is 1. The lowest BCUT2D eigenvalue weighted by Gasteiger charge is -2.03. The van der Waals surface area contributed by atoms with Crippen LogP contribution in [-0.4, -0.2) is 9.55 Å². The Labute approximate surface area is 104 Å². The highest BCUT2D eigenvalue weighted by molar-refractivity contribution is 7.11. The zero-order valence-electron chi connectivity index (χ0n) is 9.33. The number of aromatic nitrogens is 2. The molecule has 0 fully saturated rings. The van der Waals surface area contributed by atoms with E-state index in [4.69, 9.17) is 11.6 Å². The summed E-state index contributed by atoms with van der Waals surface area (Å²) in [6.07, 6.45) is 3.83. The van der Waals surface area contributed by atoms with Crippen LogP contribution in [0.25, 0.3) is 0 Å². The van der Waals surface area contributed by atoms with E-state index in [1.165, 1.54) is 10.6 Å². The fraction of sp³-hybridized carbons (Fsp3) is 0.364. The summed E-state index contributed by atoms with van der Waals surface area (Å²) in [5, 5.41) is 5.27. The van der Waals surface area contributed by atoms with E-state index in [2.05, 4.69) is 10.3 Å². The first-order valence-electron chi connectivity index (χ1n) is 5.08. The molecule has 0 saturated carbocycles. The number of nitrogens with one attached hydrogen (secondary N) is 1. The Morgan fingerprint density at radius 1 is 1.50 bits per heavy atom. The maximum absolute atomic E-state index is 5.91. The minimum Gasteiger partial charge on any atom is -0.352 e. The van der Waals surface area contributed by atoms with E-state index in [9.17, 15) is 0 Å². The first kappa shape index (κ1) is 11.6. The van der Waals surface area contributed by atoms with E-state index in [1.54, 1.807) is 11.3 Å². The molecular weight excluding hydrogens is 242 g/mol.